The maximum absolute atomic E-state index is 4.56. The van der Waals surface area contributed by atoms with E-state index in [1.165, 1.54) is 10.7 Å². The molecule has 0 aliphatic rings. The van der Waals surface area contributed by atoms with E-state index in [2.05, 4.69) is 43.4 Å². The number of hydrogen-bond acceptors (Lipinski definition) is 3. The lowest BCUT2D eigenvalue weighted by Crippen LogP contribution is -2.40. The van der Waals surface area contributed by atoms with Gasteiger partial charge in [-0.25, -0.2) is 4.98 Å². The summed E-state index contributed by atoms with van der Waals surface area (Å²) in [5, 5.41) is 7.00. The van der Waals surface area contributed by atoms with Gasteiger partial charge in [-0.15, -0.1) is 11.3 Å². The minimum atomic E-state index is 0.260. The van der Waals surface area contributed by atoms with Gasteiger partial charge in [-0.05, 0) is 26.2 Å². The van der Waals surface area contributed by atoms with Crippen molar-refractivity contribution in [1.82, 2.24) is 10.3 Å². The Labute approximate surface area is 97.1 Å². The molecule has 0 aliphatic carbocycles. The Kier molecular flexibility index (Phi) is 4.74. The molecule has 0 unspecified atom stereocenters. The monoisotopic (exact) mass is 226 g/mol. The smallest absolute Gasteiger partial charge is 0.0926 e. The van der Waals surface area contributed by atoms with Crippen molar-refractivity contribution in [3.63, 3.8) is 0 Å². The minimum Gasteiger partial charge on any atom is -0.306 e. The van der Waals surface area contributed by atoms with E-state index in [9.17, 15) is 0 Å². The highest BCUT2D eigenvalue weighted by atomic mass is 32.1. The van der Waals surface area contributed by atoms with E-state index in [0.29, 0.717) is 0 Å². The molecule has 0 atom stereocenters. The van der Waals surface area contributed by atoms with Crippen molar-refractivity contribution in [2.45, 2.75) is 59.0 Å². The van der Waals surface area contributed by atoms with Crippen LogP contribution in [0.15, 0.2) is 5.38 Å². The Hall–Kier alpha value is -0.410. The molecule has 3 heteroatoms. The lowest BCUT2D eigenvalue weighted by atomic mass is 9.95. The number of hydrogen-bond donors (Lipinski definition) is 1. The summed E-state index contributed by atoms with van der Waals surface area (Å²) in [5.41, 5.74) is 1.45. The molecule has 1 N–H and O–H groups in total. The molecular formula is C12H22N2S. The van der Waals surface area contributed by atoms with Crippen LogP contribution in [0.1, 0.15) is 51.2 Å². The highest BCUT2D eigenvalue weighted by Gasteiger charge is 2.18. The molecule has 15 heavy (non-hydrogen) atoms. The largest absolute Gasteiger partial charge is 0.306 e. The van der Waals surface area contributed by atoms with Crippen LogP contribution in [0, 0.1) is 0 Å². The second-order valence-electron chi connectivity index (χ2n) is 4.21. The molecule has 0 bridgehead atoms. The Morgan fingerprint density at radius 3 is 2.47 bits per heavy atom. The molecule has 0 amide bonds. The summed E-state index contributed by atoms with van der Waals surface area (Å²) >= 11 is 1.76. The van der Waals surface area contributed by atoms with E-state index < -0.39 is 0 Å². The second-order valence-corrected chi connectivity index (χ2v) is 5.15. The molecular weight excluding hydrogens is 204 g/mol. The van der Waals surface area contributed by atoms with E-state index in [1.807, 2.05) is 0 Å². The SMILES string of the molecule is CCc1nc(CNC(C)(CC)CC)cs1. The average molecular weight is 226 g/mol. The first kappa shape index (κ1) is 12.7. The van der Waals surface area contributed by atoms with Crippen LogP contribution in [0.4, 0.5) is 0 Å². The Bertz CT molecular complexity index is 290. The zero-order chi connectivity index (χ0) is 11.3. The molecule has 0 aliphatic heterocycles. The van der Waals surface area contributed by atoms with Gasteiger partial charge in [0, 0.05) is 17.5 Å². The van der Waals surface area contributed by atoms with Crippen molar-refractivity contribution < 1.29 is 0 Å². The quantitative estimate of drug-likeness (QED) is 0.804. The predicted octanol–water partition coefficient (Wildman–Crippen LogP) is 3.37. The predicted molar refractivity (Wildman–Crippen MR) is 67.3 cm³/mol. The highest BCUT2D eigenvalue weighted by molar-refractivity contribution is 7.09. The number of nitrogens with zero attached hydrogens (tertiary/aromatic N) is 1. The first-order valence-corrected chi connectivity index (χ1v) is 6.69. The van der Waals surface area contributed by atoms with Crippen LogP contribution in [0.2, 0.25) is 0 Å². The molecule has 1 aromatic rings. The van der Waals surface area contributed by atoms with Gasteiger partial charge in [0.15, 0.2) is 0 Å². The molecule has 1 aromatic heterocycles. The van der Waals surface area contributed by atoms with E-state index in [-0.39, 0.29) is 5.54 Å². The summed E-state index contributed by atoms with van der Waals surface area (Å²) in [6.45, 7) is 9.79. The summed E-state index contributed by atoms with van der Waals surface area (Å²) in [7, 11) is 0. The normalized spacial score (nSPS) is 12.0. The van der Waals surface area contributed by atoms with Crippen LogP contribution >= 0.6 is 11.3 Å². The summed E-state index contributed by atoms with van der Waals surface area (Å²) < 4.78 is 0. The zero-order valence-electron chi connectivity index (χ0n) is 10.3. The summed E-state index contributed by atoms with van der Waals surface area (Å²) in [4.78, 5) is 4.56. The van der Waals surface area contributed by atoms with Gasteiger partial charge in [0.25, 0.3) is 0 Å². The molecule has 1 rings (SSSR count). The fourth-order valence-corrected chi connectivity index (χ4v) is 2.14. The van der Waals surface area contributed by atoms with Crippen molar-refractivity contribution in [2.24, 2.45) is 0 Å². The Balaban J connectivity index is 2.49. The van der Waals surface area contributed by atoms with Crippen LogP contribution in [0.25, 0.3) is 0 Å². The van der Waals surface area contributed by atoms with Gasteiger partial charge in [-0.2, -0.15) is 0 Å². The third-order valence-electron chi connectivity index (χ3n) is 3.16. The summed E-state index contributed by atoms with van der Waals surface area (Å²) in [5.74, 6) is 0. The summed E-state index contributed by atoms with van der Waals surface area (Å²) in [6, 6.07) is 0. The van der Waals surface area contributed by atoms with E-state index in [4.69, 9.17) is 0 Å². The molecule has 86 valence electrons. The molecule has 0 fully saturated rings. The number of thiazole rings is 1. The van der Waals surface area contributed by atoms with Gasteiger partial charge in [-0.3, -0.25) is 0 Å². The van der Waals surface area contributed by atoms with Crippen LogP contribution < -0.4 is 5.32 Å². The van der Waals surface area contributed by atoms with E-state index >= 15 is 0 Å². The highest BCUT2D eigenvalue weighted by Crippen LogP contribution is 2.16. The van der Waals surface area contributed by atoms with E-state index in [1.54, 1.807) is 11.3 Å². The molecule has 0 aromatic carbocycles. The van der Waals surface area contributed by atoms with Gasteiger partial charge < -0.3 is 5.32 Å². The van der Waals surface area contributed by atoms with Crippen molar-refractivity contribution in [3.05, 3.63) is 16.1 Å². The number of rotatable bonds is 6. The number of aryl methyl sites for hydroxylation is 1. The molecule has 0 saturated heterocycles. The van der Waals surface area contributed by atoms with Gasteiger partial charge in [0.2, 0.25) is 0 Å². The third kappa shape index (κ3) is 3.58. The van der Waals surface area contributed by atoms with Crippen molar-refractivity contribution in [3.8, 4) is 0 Å². The Morgan fingerprint density at radius 1 is 1.33 bits per heavy atom. The van der Waals surface area contributed by atoms with Gasteiger partial charge in [0.05, 0.1) is 10.7 Å². The standard InChI is InChI=1S/C12H22N2S/c1-5-11-14-10(9-15-11)8-13-12(4,6-2)7-3/h9,13H,5-8H2,1-4H3. The lowest BCUT2D eigenvalue weighted by molar-refractivity contribution is 0.328. The van der Waals surface area contributed by atoms with Crippen LogP contribution in [0.5, 0.6) is 0 Å². The topological polar surface area (TPSA) is 24.9 Å². The van der Waals surface area contributed by atoms with Gasteiger partial charge in [0.1, 0.15) is 0 Å². The molecule has 0 saturated carbocycles. The van der Waals surface area contributed by atoms with Gasteiger partial charge in [-0.1, -0.05) is 20.8 Å². The number of aromatic nitrogens is 1. The summed E-state index contributed by atoms with van der Waals surface area (Å²) in [6.07, 6.45) is 3.37. The van der Waals surface area contributed by atoms with Gasteiger partial charge >= 0.3 is 0 Å². The zero-order valence-corrected chi connectivity index (χ0v) is 11.1. The van der Waals surface area contributed by atoms with Crippen molar-refractivity contribution >= 4 is 11.3 Å². The first-order valence-electron chi connectivity index (χ1n) is 5.81. The van der Waals surface area contributed by atoms with Crippen LogP contribution in [-0.4, -0.2) is 10.5 Å². The second kappa shape index (κ2) is 5.61. The maximum atomic E-state index is 4.56. The fourth-order valence-electron chi connectivity index (χ4n) is 1.40. The fraction of sp³-hybridized carbons (Fsp3) is 0.750. The maximum Gasteiger partial charge on any atom is 0.0926 e. The van der Waals surface area contributed by atoms with Crippen LogP contribution in [-0.2, 0) is 13.0 Å². The average Bonchev–Trinajstić information content (AvgIpc) is 2.74. The van der Waals surface area contributed by atoms with Crippen LogP contribution in [0.3, 0.4) is 0 Å². The molecule has 1 heterocycles. The van der Waals surface area contributed by atoms with Crippen molar-refractivity contribution in [1.29, 1.82) is 0 Å². The molecule has 0 spiro atoms. The van der Waals surface area contributed by atoms with E-state index in [0.717, 1.165) is 25.8 Å². The minimum absolute atomic E-state index is 0.260. The molecule has 0 radical (unpaired) electrons. The third-order valence-corrected chi connectivity index (χ3v) is 4.20. The number of nitrogens with one attached hydrogen (secondary N) is 1. The lowest BCUT2D eigenvalue weighted by Gasteiger charge is -2.27. The Morgan fingerprint density at radius 2 is 2.00 bits per heavy atom. The first-order chi connectivity index (χ1) is 7.13. The molecule has 2 nitrogen and oxygen atoms in total. The van der Waals surface area contributed by atoms with Crippen molar-refractivity contribution in [2.75, 3.05) is 0 Å².